The molecule has 2 atom stereocenters. The van der Waals surface area contributed by atoms with E-state index in [1.165, 1.54) is 0 Å². The zero-order valence-electron chi connectivity index (χ0n) is 10.8. The molecule has 0 rings (SSSR count). The Balaban J connectivity index is 4.04. The fraction of sp³-hybridized carbons (Fsp3) is 0.818. The molecule has 1 amide bonds. The molecule has 0 heterocycles. The van der Waals surface area contributed by atoms with Crippen molar-refractivity contribution in [2.24, 2.45) is 5.92 Å². The van der Waals surface area contributed by atoms with E-state index in [1.807, 2.05) is 0 Å². The number of halogens is 3. The van der Waals surface area contributed by atoms with Gasteiger partial charge in [0.05, 0.1) is 6.61 Å². The van der Waals surface area contributed by atoms with E-state index in [0.29, 0.717) is 6.42 Å². The Bertz CT molecular complexity index is 307. The van der Waals surface area contributed by atoms with Gasteiger partial charge in [0.1, 0.15) is 12.6 Å². The summed E-state index contributed by atoms with van der Waals surface area (Å²) in [6, 6.07) is -1.04. The van der Waals surface area contributed by atoms with Gasteiger partial charge in [0.25, 0.3) is 0 Å². The van der Waals surface area contributed by atoms with E-state index in [-0.39, 0.29) is 12.3 Å². The number of hydrogen-bond acceptors (Lipinski definition) is 3. The summed E-state index contributed by atoms with van der Waals surface area (Å²) in [7, 11) is 0. The van der Waals surface area contributed by atoms with E-state index < -0.39 is 37.3 Å². The maximum Gasteiger partial charge on any atom is 0.411 e. The number of rotatable bonds is 8. The molecule has 0 spiro atoms. The van der Waals surface area contributed by atoms with Crippen LogP contribution in [0.4, 0.5) is 13.2 Å². The molecule has 0 aliphatic carbocycles. The molecule has 8 heteroatoms. The number of ether oxygens (including phenoxy) is 1. The smallest absolute Gasteiger partial charge is 0.411 e. The zero-order valence-corrected chi connectivity index (χ0v) is 10.8. The summed E-state index contributed by atoms with van der Waals surface area (Å²) in [4.78, 5) is 22.3. The van der Waals surface area contributed by atoms with Crippen LogP contribution < -0.4 is 5.32 Å². The summed E-state index contributed by atoms with van der Waals surface area (Å²) < 4.78 is 39.5. The number of hydrogen-bond donors (Lipinski definition) is 2. The van der Waals surface area contributed by atoms with Crippen LogP contribution in [0.25, 0.3) is 0 Å². The van der Waals surface area contributed by atoms with E-state index in [9.17, 15) is 22.8 Å². The predicted octanol–water partition coefficient (Wildman–Crippen LogP) is 1.57. The molecule has 19 heavy (non-hydrogen) atoms. The van der Waals surface area contributed by atoms with Crippen molar-refractivity contribution in [1.82, 2.24) is 5.32 Å². The van der Waals surface area contributed by atoms with Crippen LogP contribution in [0.1, 0.15) is 26.7 Å². The summed E-state index contributed by atoms with van der Waals surface area (Å²) >= 11 is 0. The van der Waals surface area contributed by atoms with Crippen LogP contribution in [0.3, 0.4) is 0 Å². The minimum absolute atomic E-state index is 0.266. The van der Waals surface area contributed by atoms with Gasteiger partial charge < -0.3 is 15.2 Å². The van der Waals surface area contributed by atoms with Crippen molar-refractivity contribution in [1.29, 1.82) is 0 Å². The van der Waals surface area contributed by atoms with Crippen LogP contribution in [0.2, 0.25) is 0 Å². The minimum atomic E-state index is -4.43. The largest absolute Gasteiger partial charge is 0.480 e. The molecule has 0 bridgehead atoms. The number of alkyl halides is 3. The Hall–Kier alpha value is -1.31. The summed E-state index contributed by atoms with van der Waals surface area (Å²) in [5.41, 5.74) is 0. The predicted molar refractivity (Wildman–Crippen MR) is 60.5 cm³/mol. The highest BCUT2D eigenvalue weighted by molar-refractivity contribution is 5.83. The molecule has 0 aromatic rings. The van der Waals surface area contributed by atoms with Crippen LogP contribution in [0, 0.1) is 5.92 Å². The molecule has 112 valence electrons. The van der Waals surface area contributed by atoms with Gasteiger partial charge in [-0.25, -0.2) is 4.79 Å². The second-order valence-electron chi connectivity index (χ2n) is 4.19. The maximum absolute atomic E-state index is 11.7. The highest BCUT2D eigenvalue weighted by Crippen LogP contribution is 2.14. The van der Waals surface area contributed by atoms with Gasteiger partial charge in [0.2, 0.25) is 5.91 Å². The molecule has 0 aromatic heterocycles. The molecule has 0 aromatic carbocycles. The Morgan fingerprint density at radius 3 is 2.37 bits per heavy atom. The lowest BCUT2D eigenvalue weighted by atomic mass is 9.99. The first-order valence-corrected chi connectivity index (χ1v) is 5.84. The lowest BCUT2D eigenvalue weighted by molar-refractivity contribution is -0.174. The average molecular weight is 285 g/mol. The van der Waals surface area contributed by atoms with Crippen LogP contribution in [-0.2, 0) is 14.3 Å². The second kappa shape index (κ2) is 7.98. The van der Waals surface area contributed by atoms with E-state index in [4.69, 9.17) is 5.11 Å². The zero-order chi connectivity index (χ0) is 15.1. The van der Waals surface area contributed by atoms with Crippen molar-refractivity contribution >= 4 is 11.9 Å². The number of carbonyl (C=O) groups is 2. The monoisotopic (exact) mass is 285 g/mol. The summed E-state index contributed by atoms with van der Waals surface area (Å²) in [6.45, 7) is 1.62. The van der Waals surface area contributed by atoms with Gasteiger partial charge in [-0.05, 0) is 5.92 Å². The van der Waals surface area contributed by atoms with Gasteiger partial charge in [-0.2, -0.15) is 13.2 Å². The molecular weight excluding hydrogens is 267 g/mol. The topological polar surface area (TPSA) is 75.6 Å². The number of aliphatic carboxylic acids is 1. The molecule has 0 saturated heterocycles. The molecule has 0 aliphatic heterocycles. The molecule has 0 saturated carbocycles. The number of carboxylic acid groups (broad SMARTS) is 1. The normalized spacial score (nSPS) is 14.8. The van der Waals surface area contributed by atoms with Gasteiger partial charge in [-0.3, -0.25) is 4.79 Å². The average Bonchev–Trinajstić information content (AvgIpc) is 2.29. The highest BCUT2D eigenvalue weighted by Gasteiger charge is 2.28. The first-order chi connectivity index (χ1) is 8.67. The quantitative estimate of drug-likeness (QED) is 0.664. The highest BCUT2D eigenvalue weighted by atomic mass is 19.4. The number of nitrogens with one attached hydrogen (secondary N) is 1. The fourth-order valence-corrected chi connectivity index (χ4v) is 1.28. The SMILES string of the molecule is CCC(C)C(NC(=O)CCOCC(F)(F)F)C(=O)O. The van der Waals surface area contributed by atoms with Crippen molar-refractivity contribution in [3.63, 3.8) is 0 Å². The van der Waals surface area contributed by atoms with Crippen molar-refractivity contribution in [3.8, 4) is 0 Å². The first kappa shape index (κ1) is 17.7. The molecule has 5 nitrogen and oxygen atoms in total. The van der Waals surface area contributed by atoms with Crippen molar-refractivity contribution in [2.45, 2.75) is 38.9 Å². The third-order valence-corrected chi connectivity index (χ3v) is 2.53. The van der Waals surface area contributed by atoms with Crippen LogP contribution in [-0.4, -0.2) is 42.4 Å². The van der Waals surface area contributed by atoms with Gasteiger partial charge in [0.15, 0.2) is 0 Å². The molecular formula is C11H18F3NO4. The third kappa shape index (κ3) is 8.41. The summed E-state index contributed by atoms with van der Waals surface area (Å²) in [5, 5.41) is 11.2. The Morgan fingerprint density at radius 1 is 1.37 bits per heavy atom. The van der Waals surface area contributed by atoms with Gasteiger partial charge in [-0.15, -0.1) is 0 Å². The van der Waals surface area contributed by atoms with E-state index in [2.05, 4.69) is 10.1 Å². The summed E-state index contributed by atoms with van der Waals surface area (Å²) in [6.07, 6.45) is -4.19. The lowest BCUT2D eigenvalue weighted by Crippen LogP contribution is -2.45. The number of amides is 1. The maximum atomic E-state index is 11.7. The van der Waals surface area contributed by atoms with Gasteiger partial charge in [0, 0.05) is 6.42 Å². The molecule has 2 N–H and O–H groups in total. The van der Waals surface area contributed by atoms with Crippen molar-refractivity contribution in [3.05, 3.63) is 0 Å². The Morgan fingerprint density at radius 2 is 1.95 bits per heavy atom. The van der Waals surface area contributed by atoms with E-state index in [0.717, 1.165) is 0 Å². The van der Waals surface area contributed by atoms with Gasteiger partial charge in [-0.1, -0.05) is 20.3 Å². The van der Waals surface area contributed by atoms with Crippen molar-refractivity contribution in [2.75, 3.05) is 13.2 Å². The standard InChI is InChI=1S/C11H18F3NO4/c1-3-7(2)9(10(17)18)15-8(16)4-5-19-6-11(12,13)14/h7,9H,3-6H2,1-2H3,(H,15,16)(H,17,18). The van der Waals surface area contributed by atoms with Gasteiger partial charge >= 0.3 is 12.1 Å². The fourth-order valence-electron chi connectivity index (χ4n) is 1.28. The van der Waals surface area contributed by atoms with Crippen LogP contribution in [0.5, 0.6) is 0 Å². The molecule has 0 fully saturated rings. The second-order valence-corrected chi connectivity index (χ2v) is 4.19. The molecule has 0 radical (unpaired) electrons. The van der Waals surface area contributed by atoms with E-state index in [1.54, 1.807) is 13.8 Å². The first-order valence-electron chi connectivity index (χ1n) is 5.84. The molecule has 0 aliphatic rings. The Labute approximate surface area is 109 Å². The number of carbonyl (C=O) groups excluding carboxylic acids is 1. The lowest BCUT2D eigenvalue weighted by Gasteiger charge is -2.20. The van der Waals surface area contributed by atoms with Crippen molar-refractivity contribution < 1.29 is 32.6 Å². The van der Waals surface area contributed by atoms with Crippen LogP contribution >= 0.6 is 0 Å². The minimum Gasteiger partial charge on any atom is -0.480 e. The Kier molecular flexibility index (Phi) is 7.43. The summed E-state index contributed by atoms with van der Waals surface area (Å²) in [5.74, 6) is -2.08. The van der Waals surface area contributed by atoms with Crippen LogP contribution in [0.15, 0.2) is 0 Å². The third-order valence-electron chi connectivity index (χ3n) is 2.53. The molecule has 2 unspecified atom stereocenters. The number of carboxylic acids is 1. The van der Waals surface area contributed by atoms with E-state index >= 15 is 0 Å².